The van der Waals surface area contributed by atoms with Crippen molar-refractivity contribution in [2.75, 3.05) is 18.0 Å². The maximum absolute atomic E-state index is 13.8. The fraction of sp³-hybridized carbons (Fsp3) is 0.176. The Kier molecular flexibility index (Phi) is 6.09. The Bertz CT molecular complexity index is 903. The van der Waals surface area contributed by atoms with Crippen LogP contribution in [0.15, 0.2) is 24.3 Å². The van der Waals surface area contributed by atoms with Crippen LogP contribution < -0.4 is 10.2 Å². The second-order valence-electron chi connectivity index (χ2n) is 5.34. The molecule has 0 aromatic heterocycles. The van der Waals surface area contributed by atoms with Crippen molar-refractivity contribution in [1.29, 1.82) is 0 Å². The summed E-state index contributed by atoms with van der Waals surface area (Å²) in [6.45, 7) is 0.279. The summed E-state index contributed by atoms with van der Waals surface area (Å²) in [7, 11) is 0. The van der Waals surface area contributed by atoms with Gasteiger partial charge in [-0.15, -0.1) is 0 Å². The molecule has 27 heavy (non-hydrogen) atoms. The number of nitrogens with one attached hydrogen (secondary N) is 1. The highest BCUT2D eigenvalue weighted by atomic mass is 19.2. The molecule has 0 aliphatic heterocycles. The van der Waals surface area contributed by atoms with Crippen LogP contribution in [0.3, 0.4) is 0 Å². The van der Waals surface area contributed by atoms with E-state index in [4.69, 9.17) is 0 Å². The molecule has 0 saturated carbocycles. The Morgan fingerprint density at radius 1 is 0.852 bits per heavy atom. The number of carbonyl (C=O) groups excluding carboxylic acids is 2. The number of halogens is 6. The Morgan fingerprint density at radius 2 is 1.41 bits per heavy atom. The molecule has 0 fully saturated rings. The number of carbonyl (C=O) groups is 2. The topological polar surface area (TPSA) is 49.4 Å². The molecule has 144 valence electrons. The summed E-state index contributed by atoms with van der Waals surface area (Å²) in [6.07, 6.45) is 0. The zero-order valence-corrected chi connectivity index (χ0v) is 13.8. The van der Waals surface area contributed by atoms with E-state index in [1.807, 2.05) is 0 Å². The van der Waals surface area contributed by atoms with Crippen molar-refractivity contribution in [3.05, 3.63) is 64.7 Å². The molecule has 0 radical (unpaired) electrons. The molecule has 0 saturated heterocycles. The second-order valence-corrected chi connectivity index (χ2v) is 5.34. The first-order valence-electron chi connectivity index (χ1n) is 7.48. The molecule has 2 aromatic carbocycles. The van der Waals surface area contributed by atoms with Crippen LogP contribution in [0.25, 0.3) is 0 Å². The minimum atomic E-state index is -1.82. The highest BCUT2D eigenvalue weighted by Crippen LogP contribution is 2.23. The smallest absolute Gasteiger partial charge is 0.254 e. The van der Waals surface area contributed by atoms with E-state index in [2.05, 4.69) is 5.32 Å². The van der Waals surface area contributed by atoms with Crippen LogP contribution in [-0.2, 0) is 4.79 Å². The zero-order chi connectivity index (χ0) is 20.3. The molecule has 0 aliphatic rings. The lowest BCUT2D eigenvalue weighted by molar-refractivity contribution is -0.116. The van der Waals surface area contributed by atoms with E-state index in [1.165, 1.54) is 0 Å². The molecule has 10 heteroatoms. The quantitative estimate of drug-likeness (QED) is 0.629. The van der Waals surface area contributed by atoms with Crippen molar-refractivity contribution in [1.82, 2.24) is 5.32 Å². The second kappa shape index (κ2) is 8.11. The van der Waals surface area contributed by atoms with Gasteiger partial charge in [-0.3, -0.25) is 9.59 Å². The van der Waals surface area contributed by atoms with Gasteiger partial charge in [0.25, 0.3) is 5.91 Å². The van der Waals surface area contributed by atoms with Crippen molar-refractivity contribution in [2.45, 2.75) is 6.92 Å². The fourth-order valence-electron chi connectivity index (χ4n) is 2.25. The van der Waals surface area contributed by atoms with Crippen LogP contribution in [0.5, 0.6) is 0 Å². The average molecular weight is 390 g/mol. The summed E-state index contributed by atoms with van der Waals surface area (Å²) in [5.74, 6) is -11.6. The minimum absolute atomic E-state index is 0.366. The van der Waals surface area contributed by atoms with Crippen molar-refractivity contribution >= 4 is 17.5 Å². The lowest BCUT2D eigenvalue weighted by Crippen LogP contribution is -2.38. The van der Waals surface area contributed by atoms with Gasteiger partial charge in [0.1, 0.15) is 0 Å². The van der Waals surface area contributed by atoms with Gasteiger partial charge in [0.15, 0.2) is 34.9 Å². The first-order valence-corrected chi connectivity index (χ1v) is 7.48. The van der Waals surface area contributed by atoms with Gasteiger partial charge in [-0.25, -0.2) is 26.3 Å². The first kappa shape index (κ1) is 20.3. The van der Waals surface area contributed by atoms with Gasteiger partial charge < -0.3 is 10.2 Å². The number of hydrogen-bond donors (Lipinski definition) is 1. The largest absolute Gasteiger partial charge is 0.350 e. The van der Waals surface area contributed by atoms with Crippen molar-refractivity contribution in [2.24, 2.45) is 0 Å². The first-order chi connectivity index (χ1) is 12.6. The molecule has 0 bridgehead atoms. The van der Waals surface area contributed by atoms with Gasteiger partial charge in [-0.2, -0.15) is 0 Å². The number of rotatable bonds is 5. The van der Waals surface area contributed by atoms with Crippen LogP contribution in [0.2, 0.25) is 0 Å². The van der Waals surface area contributed by atoms with Crippen LogP contribution in [0, 0.1) is 34.9 Å². The minimum Gasteiger partial charge on any atom is -0.350 e. The average Bonchev–Trinajstić information content (AvgIpc) is 2.62. The molecule has 2 amide bonds. The van der Waals surface area contributed by atoms with Gasteiger partial charge in [0.05, 0.1) is 11.3 Å². The molecule has 0 atom stereocenters. The number of anilines is 1. The monoisotopic (exact) mass is 390 g/mol. The van der Waals surface area contributed by atoms with Gasteiger partial charge >= 0.3 is 0 Å². The Morgan fingerprint density at radius 3 is 2.00 bits per heavy atom. The maximum Gasteiger partial charge on any atom is 0.254 e. The van der Waals surface area contributed by atoms with Crippen LogP contribution in [0.1, 0.15) is 17.3 Å². The molecular weight excluding hydrogens is 378 g/mol. The highest BCUT2D eigenvalue weighted by Gasteiger charge is 2.22. The Labute approximate surface area is 149 Å². The van der Waals surface area contributed by atoms with Crippen molar-refractivity contribution in [3.63, 3.8) is 0 Å². The van der Waals surface area contributed by atoms with Gasteiger partial charge in [0.2, 0.25) is 5.91 Å². The predicted octanol–water partition coefficient (Wildman–Crippen LogP) is 3.30. The van der Waals surface area contributed by atoms with Crippen LogP contribution in [-0.4, -0.2) is 24.9 Å². The lowest BCUT2D eigenvalue weighted by Gasteiger charge is -2.22. The van der Waals surface area contributed by atoms with E-state index >= 15 is 0 Å². The summed E-state index contributed by atoms with van der Waals surface area (Å²) < 4.78 is 79.8. The molecule has 2 rings (SSSR count). The number of amides is 2. The van der Waals surface area contributed by atoms with E-state index < -0.39 is 58.0 Å². The van der Waals surface area contributed by atoms with Crippen molar-refractivity contribution in [3.8, 4) is 0 Å². The molecule has 1 N–H and O–H groups in total. The third-order valence-corrected chi connectivity index (χ3v) is 3.59. The summed E-state index contributed by atoms with van der Waals surface area (Å²) in [5.41, 5.74) is -1.34. The normalized spacial score (nSPS) is 10.6. The number of nitrogens with zero attached hydrogens (tertiary/aromatic N) is 1. The molecule has 0 heterocycles. The highest BCUT2D eigenvalue weighted by molar-refractivity contribution is 5.95. The predicted molar refractivity (Wildman–Crippen MR) is 83.0 cm³/mol. The number of hydrogen-bond acceptors (Lipinski definition) is 2. The van der Waals surface area contributed by atoms with Crippen molar-refractivity contribution < 1.29 is 35.9 Å². The summed E-state index contributed by atoms with van der Waals surface area (Å²) in [5, 5.41) is 2.13. The molecule has 2 aromatic rings. The summed E-state index contributed by atoms with van der Waals surface area (Å²) >= 11 is 0. The molecule has 0 aliphatic carbocycles. The van der Waals surface area contributed by atoms with E-state index in [-0.39, 0.29) is 13.1 Å². The maximum atomic E-state index is 13.8. The van der Waals surface area contributed by atoms with E-state index in [0.717, 1.165) is 24.0 Å². The Hall–Kier alpha value is -3.04. The summed E-state index contributed by atoms with van der Waals surface area (Å²) in [6, 6.07) is 2.75. The third-order valence-electron chi connectivity index (χ3n) is 3.59. The molecular formula is C17H12F6N2O2. The van der Waals surface area contributed by atoms with Crippen LogP contribution in [0.4, 0.5) is 32.0 Å². The SMILES string of the molecule is CC(=O)N(CCNC(=O)c1ccc(F)c(F)c1F)c1ccc(F)c(F)c1F. The molecule has 0 spiro atoms. The number of benzene rings is 2. The van der Waals surface area contributed by atoms with E-state index in [9.17, 15) is 35.9 Å². The van der Waals surface area contributed by atoms with Gasteiger partial charge in [-0.05, 0) is 24.3 Å². The standard InChI is InChI=1S/C17H12F6N2O2/c1-8(26)25(12-5-4-11(19)15(22)16(12)23)7-6-24-17(27)9-2-3-10(18)14(21)13(9)20/h2-5H,6-7H2,1H3,(H,24,27). The lowest BCUT2D eigenvalue weighted by atomic mass is 10.2. The third kappa shape index (κ3) is 4.21. The van der Waals surface area contributed by atoms with Crippen LogP contribution >= 0.6 is 0 Å². The van der Waals surface area contributed by atoms with E-state index in [0.29, 0.717) is 12.1 Å². The van der Waals surface area contributed by atoms with E-state index in [1.54, 1.807) is 0 Å². The van der Waals surface area contributed by atoms with Gasteiger partial charge in [0, 0.05) is 20.0 Å². The Balaban J connectivity index is 2.12. The molecule has 4 nitrogen and oxygen atoms in total. The molecule has 0 unspecified atom stereocenters. The van der Waals surface area contributed by atoms with Gasteiger partial charge in [-0.1, -0.05) is 0 Å². The summed E-state index contributed by atoms with van der Waals surface area (Å²) in [4.78, 5) is 24.2. The zero-order valence-electron chi connectivity index (χ0n) is 13.8. The fourth-order valence-corrected chi connectivity index (χ4v) is 2.25.